The summed E-state index contributed by atoms with van der Waals surface area (Å²) in [5.74, 6) is 2.08. The molecule has 70 heavy (non-hydrogen) atoms. The fraction of sp³-hybridized carbons (Fsp3) is 0.0455. The van der Waals surface area contributed by atoms with Gasteiger partial charge in [-0.2, -0.15) is 0 Å². The Balaban J connectivity index is 1.17. The molecular formula is C66H41N3S. The van der Waals surface area contributed by atoms with E-state index in [2.05, 4.69) is 249 Å². The summed E-state index contributed by atoms with van der Waals surface area (Å²) in [5.41, 5.74) is 14.5. The lowest BCUT2D eigenvalue weighted by Crippen LogP contribution is -2.40. The molecule has 0 spiro atoms. The quantitative estimate of drug-likeness (QED) is 0.167. The third-order valence-electron chi connectivity index (χ3n) is 15.7. The fourth-order valence-electron chi connectivity index (χ4n) is 13.0. The Labute approximate surface area is 410 Å². The van der Waals surface area contributed by atoms with Crippen molar-refractivity contribution in [3.8, 4) is 33.4 Å². The lowest BCUT2D eigenvalue weighted by atomic mass is 9.68. The molecule has 3 aliphatic rings. The van der Waals surface area contributed by atoms with E-state index in [9.17, 15) is 0 Å². The number of nitrogens with zero attached hydrogens (tertiary/aromatic N) is 3. The topological polar surface area (TPSA) is 38.7 Å². The van der Waals surface area contributed by atoms with Crippen LogP contribution in [0.1, 0.15) is 67.5 Å². The predicted octanol–water partition coefficient (Wildman–Crippen LogP) is 15.3. The van der Waals surface area contributed by atoms with Gasteiger partial charge < -0.3 is 0 Å². The first-order valence-corrected chi connectivity index (χ1v) is 24.9. The highest BCUT2D eigenvalue weighted by Crippen LogP contribution is 2.61. The summed E-state index contributed by atoms with van der Waals surface area (Å²) in [4.78, 5) is 18.6. The number of thiophene rings is 1. The van der Waals surface area contributed by atoms with Gasteiger partial charge in [0.2, 0.25) is 0 Å². The van der Waals surface area contributed by atoms with Crippen molar-refractivity contribution in [2.75, 3.05) is 0 Å². The van der Waals surface area contributed by atoms with Crippen LogP contribution in [-0.2, 0) is 16.2 Å². The molecule has 0 saturated carbocycles. The van der Waals surface area contributed by atoms with Crippen LogP contribution in [0.4, 0.5) is 0 Å². The summed E-state index contributed by atoms with van der Waals surface area (Å²) >= 11 is 1.84. The minimum Gasteiger partial charge on any atom is -0.215 e. The second-order valence-electron chi connectivity index (χ2n) is 18.9. The molecule has 0 atom stereocenters. The van der Waals surface area contributed by atoms with Crippen LogP contribution in [0.15, 0.2) is 249 Å². The van der Waals surface area contributed by atoms with Gasteiger partial charge >= 0.3 is 0 Å². The Bertz CT molecular complexity index is 3800. The van der Waals surface area contributed by atoms with E-state index < -0.39 is 16.2 Å². The van der Waals surface area contributed by atoms with Crippen LogP contribution in [0.5, 0.6) is 0 Å². The number of aromatic nitrogens is 3. The maximum Gasteiger partial charge on any atom is 0.152 e. The highest BCUT2D eigenvalue weighted by Gasteiger charge is 2.55. The number of hydrogen-bond acceptors (Lipinski definition) is 4. The second kappa shape index (κ2) is 14.7. The highest BCUT2D eigenvalue weighted by atomic mass is 32.1. The second-order valence-corrected chi connectivity index (χ2v) is 20.0. The number of benzene rings is 10. The van der Waals surface area contributed by atoms with E-state index in [4.69, 9.17) is 15.0 Å². The van der Waals surface area contributed by atoms with E-state index >= 15 is 0 Å². The van der Waals surface area contributed by atoms with Crippen molar-refractivity contribution in [1.29, 1.82) is 0 Å². The van der Waals surface area contributed by atoms with Gasteiger partial charge in [-0.3, -0.25) is 0 Å². The van der Waals surface area contributed by atoms with Crippen molar-refractivity contribution < 1.29 is 0 Å². The van der Waals surface area contributed by atoms with E-state index in [0.717, 1.165) is 50.1 Å². The molecule has 0 saturated heterocycles. The highest BCUT2D eigenvalue weighted by molar-refractivity contribution is 7.25. The molecule has 0 N–H and O–H groups in total. The lowest BCUT2D eigenvalue weighted by Gasteiger charge is -2.38. The molecule has 0 radical (unpaired) electrons. The summed E-state index contributed by atoms with van der Waals surface area (Å²) in [5, 5.41) is 2.48. The normalized spacial score (nSPS) is 14.9. The molecule has 0 amide bonds. The Kier molecular flexibility index (Phi) is 8.29. The molecular weight excluding hydrogens is 867 g/mol. The SMILES string of the molecule is c1ccc(C2(c3nc(C4(c5ccccc5)c5ccccc5-c5ccccc54)nc(C4(c5ccc6sc7ccccc7c6c5)c5ccccc5-c5ccccc54)n3)c3ccccc3-c3ccccc32)cc1. The van der Waals surface area contributed by atoms with Gasteiger partial charge in [0.1, 0.15) is 16.2 Å². The van der Waals surface area contributed by atoms with Crippen molar-refractivity contribution in [3.05, 3.63) is 316 Å². The largest absolute Gasteiger partial charge is 0.215 e. The molecule has 12 aromatic rings. The average molecular weight is 908 g/mol. The summed E-state index contributed by atoms with van der Waals surface area (Å²) in [6.45, 7) is 0. The summed E-state index contributed by atoms with van der Waals surface area (Å²) in [6, 6.07) is 91.3. The number of rotatable bonds is 6. The van der Waals surface area contributed by atoms with E-state index in [1.165, 1.54) is 53.6 Å². The molecule has 0 bridgehead atoms. The van der Waals surface area contributed by atoms with Gasteiger partial charge in [-0.1, -0.05) is 231 Å². The van der Waals surface area contributed by atoms with Gasteiger partial charge in [-0.25, -0.2) is 15.0 Å². The smallest absolute Gasteiger partial charge is 0.152 e. The first-order valence-electron chi connectivity index (χ1n) is 24.1. The fourth-order valence-corrected chi connectivity index (χ4v) is 14.0. The van der Waals surface area contributed by atoms with Crippen LogP contribution in [0.3, 0.4) is 0 Å². The average Bonchev–Trinajstić information content (AvgIpc) is 4.15. The first-order chi connectivity index (χ1) is 34.7. The van der Waals surface area contributed by atoms with Gasteiger partial charge in [0, 0.05) is 20.2 Å². The molecule has 326 valence electrons. The molecule has 10 aromatic carbocycles. The summed E-state index contributed by atoms with van der Waals surface area (Å²) < 4.78 is 2.52. The van der Waals surface area contributed by atoms with Gasteiger partial charge in [0.15, 0.2) is 17.5 Å². The van der Waals surface area contributed by atoms with Crippen LogP contribution >= 0.6 is 11.3 Å². The van der Waals surface area contributed by atoms with E-state index in [1.54, 1.807) is 0 Å². The predicted molar refractivity (Wildman–Crippen MR) is 285 cm³/mol. The van der Waals surface area contributed by atoms with Gasteiger partial charge in [-0.15, -0.1) is 11.3 Å². The van der Waals surface area contributed by atoms with E-state index in [-0.39, 0.29) is 0 Å². The molecule has 0 aliphatic heterocycles. The number of fused-ring (bicyclic) bond motifs is 12. The maximum absolute atomic E-state index is 6.21. The standard InChI is InChI=1S/C66H41N3S/c1-3-21-42(22-4-1)64(53-32-14-7-25-45(53)46-26-8-15-33-54(46)64)61-67-62(65(43-23-5-2-6-24-43)55-34-16-9-27-47(55)48-28-10-17-35-56(48)65)69-63(68-61)66(57-36-18-11-29-49(57)50-30-12-19-37-58(50)66)44-39-40-60-52(41-44)51-31-13-20-38-59(51)70-60/h1-41H. The van der Waals surface area contributed by atoms with Crippen molar-refractivity contribution >= 4 is 31.5 Å². The van der Waals surface area contributed by atoms with Crippen LogP contribution in [0, 0.1) is 0 Å². The van der Waals surface area contributed by atoms with Crippen LogP contribution in [-0.4, -0.2) is 15.0 Å². The minimum atomic E-state index is -0.970. The molecule has 3 nitrogen and oxygen atoms in total. The zero-order valence-corrected chi connectivity index (χ0v) is 38.7. The Morgan fingerprint density at radius 3 is 0.929 bits per heavy atom. The lowest BCUT2D eigenvalue weighted by molar-refractivity contribution is 0.581. The zero-order chi connectivity index (χ0) is 46.0. The molecule has 0 fully saturated rings. The summed E-state index contributed by atoms with van der Waals surface area (Å²) in [6.07, 6.45) is 0. The molecule has 0 unspecified atom stereocenters. The summed E-state index contributed by atoms with van der Waals surface area (Å²) in [7, 11) is 0. The van der Waals surface area contributed by atoms with Gasteiger partial charge in [-0.05, 0) is 102 Å². The van der Waals surface area contributed by atoms with Gasteiger partial charge in [0.25, 0.3) is 0 Å². The van der Waals surface area contributed by atoms with Crippen molar-refractivity contribution in [3.63, 3.8) is 0 Å². The van der Waals surface area contributed by atoms with Crippen LogP contribution in [0.2, 0.25) is 0 Å². The molecule has 2 heterocycles. The minimum absolute atomic E-state index is 0.691. The first kappa shape index (κ1) is 39.4. The van der Waals surface area contributed by atoms with Crippen LogP contribution < -0.4 is 0 Å². The molecule has 15 rings (SSSR count). The van der Waals surface area contributed by atoms with Crippen molar-refractivity contribution in [1.82, 2.24) is 15.0 Å². The number of hydrogen-bond donors (Lipinski definition) is 0. The zero-order valence-electron chi connectivity index (χ0n) is 37.9. The van der Waals surface area contributed by atoms with Gasteiger partial charge in [0.05, 0.1) is 0 Å². The third kappa shape index (κ3) is 5.00. The molecule has 4 heteroatoms. The van der Waals surface area contributed by atoms with E-state index in [0.29, 0.717) is 17.5 Å². The monoisotopic (exact) mass is 907 g/mol. The molecule has 3 aliphatic carbocycles. The van der Waals surface area contributed by atoms with Crippen LogP contribution in [0.25, 0.3) is 53.6 Å². The Morgan fingerprint density at radius 1 is 0.243 bits per heavy atom. The molecule has 2 aromatic heterocycles. The Morgan fingerprint density at radius 2 is 0.543 bits per heavy atom. The van der Waals surface area contributed by atoms with Crippen molar-refractivity contribution in [2.24, 2.45) is 0 Å². The van der Waals surface area contributed by atoms with E-state index in [1.807, 2.05) is 11.3 Å². The van der Waals surface area contributed by atoms with Crippen molar-refractivity contribution in [2.45, 2.75) is 16.2 Å². The Hall–Kier alpha value is -8.57. The third-order valence-corrected chi connectivity index (χ3v) is 16.9. The maximum atomic E-state index is 6.21.